The lowest BCUT2D eigenvalue weighted by atomic mass is 9.94. The first kappa shape index (κ1) is 24.9. The molecule has 1 aliphatic heterocycles. The minimum atomic E-state index is -0.432. The van der Waals surface area contributed by atoms with Crippen LogP contribution in [0.4, 0.5) is 5.69 Å². The zero-order valence-electron chi connectivity index (χ0n) is 18.6. The molecule has 2 aromatic rings. The van der Waals surface area contributed by atoms with Gasteiger partial charge in [0.1, 0.15) is 5.75 Å². The number of ether oxygens (including phenoxy) is 1. The summed E-state index contributed by atoms with van der Waals surface area (Å²) in [6, 6.07) is 13.0. The Balaban J connectivity index is 0.00000107. The van der Waals surface area contributed by atoms with Crippen molar-refractivity contribution in [1.82, 2.24) is 10.6 Å². The van der Waals surface area contributed by atoms with E-state index in [-0.39, 0.29) is 5.91 Å². The molecule has 166 valence electrons. The smallest absolute Gasteiger partial charge is 0.255 e. The summed E-state index contributed by atoms with van der Waals surface area (Å²) >= 11 is 8.86. The van der Waals surface area contributed by atoms with Crippen LogP contribution in [-0.2, 0) is 4.79 Å². The number of carbonyl (C=O) groups excluding carboxylic acids is 1. The van der Waals surface area contributed by atoms with Crippen molar-refractivity contribution in [2.45, 2.75) is 47.1 Å². The second-order valence-corrected chi connectivity index (χ2v) is 8.54. The molecular formula is C24H30BrN3O2S. The number of carbonyl (C=O) groups is 1. The maximum Gasteiger partial charge on any atom is 0.255 e. The molecule has 0 aliphatic carbocycles. The first-order chi connectivity index (χ1) is 14.8. The molecule has 31 heavy (non-hydrogen) atoms. The molecule has 0 saturated heterocycles. The maximum atomic E-state index is 13.2. The van der Waals surface area contributed by atoms with Gasteiger partial charge in [-0.1, -0.05) is 53.9 Å². The number of benzene rings is 2. The number of halogens is 1. The molecule has 7 heteroatoms. The molecule has 1 unspecified atom stereocenters. The number of nitrogens with one attached hydrogen (secondary N) is 3. The van der Waals surface area contributed by atoms with E-state index in [9.17, 15) is 4.79 Å². The number of hydrogen-bond acceptors (Lipinski definition) is 3. The molecule has 2 aromatic carbocycles. The summed E-state index contributed by atoms with van der Waals surface area (Å²) in [6.07, 6.45) is 1.25. The Morgan fingerprint density at radius 2 is 1.77 bits per heavy atom. The zero-order chi connectivity index (χ0) is 23.0. The third-order valence-electron chi connectivity index (χ3n) is 4.41. The Labute approximate surface area is 198 Å². The number of aryl methyl sites for hydroxylation is 1. The van der Waals surface area contributed by atoms with E-state index in [4.69, 9.17) is 17.0 Å². The van der Waals surface area contributed by atoms with Crippen LogP contribution in [0.5, 0.6) is 5.75 Å². The molecule has 0 aromatic heterocycles. The van der Waals surface area contributed by atoms with Crippen LogP contribution < -0.4 is 20.7 Å². The van der Waals surface area contributed by atoms with Gasteiger partial charge in [0.2, 0.25) is 0 Å². The minimum Gasteiger partial charge on any atom is -0.494 e. The zero-order valence-corrected chi connectivity index (χ0v) is 21.0. The Kier molecular flexibility index (Phi) is 9.52. The van der Waals surface area contributed by atoms with Crippen molar-refractivity contribution in [3.8, 4) is 5.75 Å². The van der Waals surface area contributed by atoms with E-state index in [1.807, 2.05) is 63.2 Å². The monoisotopic (exact) mass is 503 g/mol. The Bertz CT molecular complexity index is 958. The lowest BCUT2D eigenvalue weighted by molar-refractivity contribution is -0.113. The van der Waals surface area contributed by atoms with Gasteiger partial charge in [-0.05, 0) is 63.3 Å². The second kappa shape index (κ2) is 11.9. The lowest BCUT2D eigenvalue weighted by Crippen LogP contribution is -2.45. The summed E-state index contributed by atoms with van der Waals surface area (Å²) in [7, 11) is 0. The quantitative estimate of drug-likeness (QED) is 0.436. The van der Waals surface area contributed by atoms with Gasteiger partial charge >= 0.3 is 0 Å². The van der Waals surface area contributed by atoms with Gasteiger partial charge in [-0.25, -0.2) is 0 Å². The Hall–Kier alpha value is -2.38. The standard InChI is InChI=1S/C21H22BrN3O2S.C3H8/c1-4-27-17-10-7-14(22)11-16(17)19-18(13(3)23-21(28)25-19)20(26)24-15-8-5-12(2)6-9-15;1-3-2/h5-11,19H,4H2,1-3H3,(H,24,26)(H2,23,25,28);3H2,1-2H3. The number of amides is 1. The molecule has 0 spiro atoms. The van der Waals surface area contributed by atoms with Crippen molar-refractivity contribution in [2.24, 2.45) is 0 Å². The van der Waals surface area contributed by atoms with Crippen LogP contribution in [0, 0.1) is 6.92 Å². The van der Waals surface area contributed by atoms with Crippen LogP contribution in [0.3, 0.4) is 0 Å². The molecule has 3 rings (SSSR count). The molecular weight excluding hydrogens is 474 g/mol. The minimum absolute atomic E-state index is 0.198. The summed E-state index contributed by atoms with van der Waals surface area (Å²) in [5, 5.41) is 9.72. The average molecular weight is 504 g/mol. The highest BCUT2D eigenvalue weighted by atomic mass is 79.9. The van der Waals surface area contributed by atoms with E-state index in [1.165, 1.54) is 6.42 Å². The highest BCUT2D eigenvalue weighted by molar-refractivity contribution is 9.10. The van der Waals surface area contributed by atoms with Gasteiger partial charge in [0, 0.05) is 21.4 Å². The van der Waals surface area contributed by atoms with Crippen LogP contribution in [0.2, 0.25) is 0 Å². The number of thiocarbonyl (C=S) groups is 1. The summed E-state index contributed by atoms with van der Waals surface area (Å²) in [6.45, 7) is 10.6. The largest absolute Gasteiger partial charge is 0.494 e. The second-order valence-electron chi connectivity index (χ2n) is 7.21. The Morgan fingerprint density at radius 1 is 1.13 bits per heavy atom. The summed E-state index contributed by atoms with van der Waals surface area (Å²) in [5.41, 5.74) is 3.98. The van der Waals surface area contributed by atoms with Crippen molar-refractivity contribution < 1.29 is 9.53 Å². The van der Waals surface area contributed by atoms with Gasteiger partial charge in [-0.2, -0.15) is 0 Å². The molecule has 1 heterocycles. The topological polar surface area (TPSA) is 62.4 Å². The van der Waals surface area contributed by atoms with Crippen LogP contribution in [-0.4, -0.2) is 17.6 Å². The Morgan fingerprint density at radius 3 is 2.39 bits per heavy atom. The van der Waals surface area contributed by atoms with Crippen molar-refractivity contribution in [1.29, 1.82) is 0 Å². The van der Waals surface area contributed by atoms with Crippen molar-refractivity contribution in [3.05, 3.63) is 69.3 Å². The fourth-order valence-electron chi connectivity index (χ4n) is 3.10. The predicted molar refractivity (Wildman–Crippen MR) is 135 cm³/mol. The van der Waals surface area contributed by atoms with E-state index in [2.05, 4.69) is 45.7 Å². The van der Waals surface area contributed by atoms with Gasteiger partial charge in [0.25, 0.3) is 5.91 Å². The number of rotatable bonds is 5. The van der Waals surface area contributed by atoms with Gasteiger partial charge < -0.3 is 20.7 Å². The fraction of sp³-hybridized carbons (Fsp3) is 0.333. The normalized spacial score (nSPS) is 15.3. The average Bonchev–Trinajstić information content (AvgIpc) is 2.71. The number of hydrogen-bond donors (Lipinski definition) is 3. The molecule has 0 bridgehead atoms. The van der Waals surface area contributed by atoms with E-state index in [0.717, 1.165) is 21.3 Å². The third kappa shape index (κ3) is 6.80. The van der Waals surface area contributed by atoms with Crippen LogP contribution >= 0.6 is 28.1 Å². The summed E-state index contributed by atoms with van der Waals surface area (Å²) in [5.74, 6) is 0.512. The molecule has 0 fully saturated rings. The van der Waals surface area contributed by atoms with Crippen molar-refractivity contribution in [3.63, 3.8) is 0 Å². The SMILES string of the molecule is CCC.CCOc1ccc(Br)cc1C1NC(=S)NC(C)=C1C(=O)Nc1ccc(C)cc1. The van der Waals surface area contributed by atoms with Gasteiger partial charge in [0.15, 0.2) is 5.11 Å². The van der Waals surface area contributed by atoms with Crippen LogP contribution in [0.15, 0.2) is 58.2 Å². The van der Waals surface area contributed by atoms with E-state index in [1.54, 1.807) is 0 Å². The van der Waals surface area contributed by atoms with Gasteiger partial charge in [-0.3, -0.25) is 4.79 Å². The number of allylic oxidation sites excluding steroid dienone is 1. The van der Waals surface area contributed by atoms with E-state index in [0.29, 0.717) is 28.7 Å². The lowest BCUT2D eigenvalue weighted by Gasteiger charge is -2.31. The highest BCUT2D eigenvalue weighted by Gasteiger charge is 2.32. The molecule has 0 radical (unpaired) electrons. The molecule has 1 atom stereocenters. The maximum absolute atomic E-state index is 13.2. The van der Waals surface area contributed by atoms with Crippen LogP contribution in [0.1, 0.15) is 51.3 Å². The first-order valence-corrected chi connectivity index (χ1v) is 11.6. The molecule has 3 N–H and O–H groups in total. The molecule has 1 aliphatic rings. The molecule has 0 saturated carbocycles. The summed E-state index contributed by atoms with van der Waals surface area (Å²) < 4.78 is 6.69. The fourth-order valence-corrected chi connectivity index (χ4v) is 3.75. The number of anilines is 1. The molecule has 5 nitrogen and oxygen atoms in total. The summed E-state index contributed by atoms with van der Waals surface area (Å²) in [4.78, 5) is 13.2. The van der Waals surface area contributed by atoms with Crippen molar-refractivity contribution in [2.75, 3.05) is 11.9 Å². The van der Waals surface area contributed by atoms with E-state index >= 15 is 0 Å². The van der Waals surface area contributed by atoms with Crippen LogP contribution in [0.25, 0.3) is 0 Å². The predicted octanol–water partition coefficient (Wildman–Crippen LogP) is 6.00. The first-order valence-electron chi connectivity index (χ1n) is 10.4. The van der Waals surface area contributed by atoms with E-state index < -0.39 is 6.04 Å². The third-order valence-corrected chi connectivity index (χ3v) is 5.12. The van der Waals surface area contributed by atoms with Gasteiger partial charge in [0.05, 0.1) is 18.2 Å². The van der Waals surface area contributed by atoms with Crippen molar-refractivity contribution >= 4 is 44.9 Å². The van der Waals surface area contributed by atoms with Gasteiger partial charge in [-0.15, -0.1) is 0 Å². The molecule has 1 amide bonds. The highest BCUT2D eigenvalue weighted by Crippen LogP contribution is 2.35.